The van der Waals surface area contributed by atoms with Crippen LogP contribution in [0.15, 0.2) is 0 Å². The largest absolute Gasteiger partial charge is 0.369 e. The van der Waals surface area contributed by atoms with Crippen LogP contribution in [0.3, 0.4) is 0 Å². The topological polar surface area (TPSA) is 60.7 Å². The molecular weight excluding hydrogens is 397 g/mol. The van der Waals surface area contributed by atoms with Crippen molar-refractivity contribution in [3.8, 4) is 6.07 Å². The number of nitrogens with zero attached hydrogens (tertiary/aromatic N) is 1. The molecule has 3 aliphatic heterocycles. The third-order valence-corrected chi connectivity index (χ3v) is 6.17. The van der Waals surface area contributed by atoms with E-state index in [4.69, 9.17) is 24.2 Å². The molecule has 124 valence electrons. The van der Waals surface area contributed by atoms with E-state index in [0.29, 0.717) is 13.0 Å². The number of hydrogen-bond acceptors (Lipinski definition) is 5. The Morgan fingerprint density at radius 2 is 2.05 bits per heavy atom. The van der Waals surface area contributed by atoms with Gasteiger partial charge in [-0.25, -0.2) is 0 Å². The van der Waals surface area contributed by atoms with Gasteiger partial charge in [0.25, 0.3) is 0 Å². The summed E-state index contributed by atoms with van der Waals surface area (Å²) in [6.45, 7) is 4.47. The fraction of sp³-hybridized carbons (Fsp3) is 0.938. The summed E-state index contributed by atoms with van der Waals surface area (Å²) >= 11 is 2.40. The fourth-order valence-electron chi connectivity index (χ4n) is 3.76. The molecule has 5 nitrogen and oxygen atoms in total. The Kier molecular flexibility index (Phi) is 5.01. The van der Waals surface area contributed by atoms with Gasteiger partial charge in [0.1, 0.15) is 11.7 Å². The van der Waals surface area contributed by atoms with Crippen LogP contribution in [0.1, 0.15) is 46.0 Å². The van der Waals surface area contributed by atoms with Gasteiger partial charge in [0.2, 0.25) is 0 Å². The zero-order valence-corrected chi connectivity index (χ0v) is 15.4. The van der Waals surface area contributed by atoms with Gasteiger partial charge in [0, 0.05) is 17.3 Å². The molecule has 5 atom stereocenters. The van der Waals surface area contributed by atoms with E-state index in [9.17, 15) is 0 Å². The Bertz CT molecular complexity index is 452. The van der Waals surface area contributed by atoms with Crippen molar-refractivity contribution in [2.75, 3.05) is 11.0 Å². The van der Waals surface area contributed by atoms with Crippen molar-refractivity contribution in [3.05, 3.63) is 0 Å². The standard InChI is InChI=1S/C16H24INO4/c1-15(2)19-9-13(22-15)12-8-16(10-17)14(20-12)6-5-11(21-16)4-3-7-18/h11-14H,3-6,8-10H2,1-2H3/t11?,12?,13-,14+,16-/m1/s1. The van der Waals surface area contributed by atoms with E-state index in [1.807, 2.05) is 13.8 Å². The summed E-state index contributed by atoms with van der Waals surface area (Å²) in [5.41, 5.74) is -0.223. The Morgan fingerprint density at radius 1 is 1.23 bits per heavy atom. The Hall–Kier alpha value is 0.0600. The van der Waals surface area contributed by atoms with Crippen LogP contribution in [0.2, 0.25) is 0 Å². The van der Waals surface area contributed by atoms with Gasteiger partial charge < -0.3 is 18.9 Å². The van der Waals surface area contributed by atoms with Gasteiger partial charge in [-0.1, -0.05) is 22.6 Å². The minimum atomic E-state index is -0.518. The fourth-order valence-corrected chi connectivity index (χ4v) is 4.74. The van der Waals surface area contributed by atoms with Crippen LogP contribution in [-0.2, 0) is 18.9 Å². The molecule has 0 aromatic heterocycles. The third kappa shape index (κ3) is 3.29. The van der Waals surface area contributed by atoms with Crippen LogP contribution in [0.5, 0.6) is 0 Å². The van der Waals surface area contributed by atoms with Crippen LogP contribution in [0.4, 0.5) is 0 Å². The first kappa shape index (κ1) is 16.9. The lowest BCUT2D eigenvalue weighted by molar-refractivity contribution is -0.166. The lowest BCUT2D eigenvalue weighted by atomic mass is 9.87. The van der Waals surface area contributed by atoms with Gasteiger partial charge in [-0.15, -0.1) is 0 Å². The highest BCUT2D eigenvalue weighted by atomic mass is 127. The van der Waals surface area contributed by atoms with Crippen LogP contribution in [0, 0.1) is 11.3 Å². The average molecular weight is 421 g/mol. The first-order valence-corrected chi connectivity index (χ1v) is 9.58. The Morgan fingerprint density at radius 3 is 2.68 bits per heavy atom. The molecule has 3 heterocycles. The van der Waals surface area contributed by atoms with Crippen molar-refractivity contribution in [3.63, 3.8) is 0 Å². The van der Waals surface area contributed by atoms with E-state index >= 15 is 0 Å². The summed E-state index contributed by atoms with van der Waals surface area (Å²) < 4.78 is 25.3. The molecule has 6 heteroatoms. The normalized spacial score (nSPS) is 43.7. The van der Waals surface area contributed by atoms with Crippen LogP contribution in [0.25, 0.3) is 0 Å². The zero-order valence-electron chi connectivity index (χ0n) is 13.2. The van der Waals surface area contributed by atoms with Gasteiger partial charge in [-0.05, 0) is 33.1 Å². The number of alkyl halides is 1. The van der Waals surface area contributed by atoms with E-state index in [-0.39, 0.29) is 30.0 Å². The van der Waals surface area contributed by atoms with Gasteiger partial charge in [0.15, 0.2) is 5.79 Å². The van der Waals surface area contributed by atoms with E-state index in [1.165, 1.54) is 0 Å². The molecule has 0 aliphatic carbocycles. The molecule has 0 amide bonds. The summed E-state index contributed by atoms with van der Waals surface area (Å²) in [7, 11) is 0. The van der Waals surface area contributed by atoms with Gasteiger partial charge >= 0.3 is 0 Å². The summed E-state index contributed by atoms with van der Waals surface area (Å²) in [6, 6.07) is 2.22. The molecule has 3 aliphatic rings. The summed E-state index contributed by atoms with van der Waals surface area (Å²) in [4.78, 5) is 0. The second kappa shape index (κ2) is 6.52. The monoisotopic (exact) mass is 421 g/mol. The number of rotatable bonds is 4. The maximum atomic E-state index is 8.78. The van der Waals surface area contributed by atoms with Crippen molar-refractivity contribution >= 4 is 22.6 Å². The summed E-state index contributed by atoms with van der Waals surface area (Å²) in [5.74, 6) is -0.518. The number of fused-ring (bicyclic) bond motifs is 1. The number of hydrogen-bond donors (Lipinski definition) is 0. The maximum absolute atomic E-state index is 8.78. The van der Waals surface area contributed by atoms with Crippen LogP contribution < -0.4 is 0 Å². The third-order valence-electron chi connectivity index (χ3n) is 4.87. The molecule has 0 radical (unpaired) electrons. The van der Waals surface area contributed by atoms with Gasteiger partial charge in [-0.3, -0.25) is 0 Å². The van der Waals surface area contributed by atoms with Crippen molar-refractivity contribution in [2.45, 2.75) is 81.8 Å². The lowest BCUT2D eigenvalue weighted by Crippen LogP contribution is -2.49. The van der Waals surface area contributed by atoms with Crippen LogP contribution in [-0.4, -0.2) is 46.8 Å². The molecular formula is C16H24INO4. The van der Waals surface area contributed by atoms with Crippen molar-refractivity contribution < 1.29 is 18.9 Å². The predicted molar refractivity (Wildman–Crippen MR) is 88.8 cm³/mol. The molecule has 0 saturated carbocycles. The highest BCUT2D eigenvalue weighted by Gasteiger charge is 2.55. The summed E-state index contributed by atoms with van der Waals surface area (Å²) in [6.07, 6.45) is 4.57. The lowest BCUT2D eigenvalue weighted by Gasteiger charge is -2.41. The second-order valence-corrected chi connectivity index (χ2v) is 7.71. The summed E-state index contributed by atoms with van der Waals surface area (Å²) in [5, 5.41) is 8.78. The molecule has 0 N–H and O–H groups in total. The molecule has 3 saturated heterocycles. The molecule has 3 rings (SSSR count). The molecule has 0 aromatic rings. The Balaban J connectivity index is 1.66. The SMILES string of the molecule is CC1(C)OC[C@H](C2C[C@]3(CI)OC(CCC#N)CC[C@@H]3O2)O1. The smallest absolute Gasteiger partial charge is 0.163 e. The maximum Gasteiger partial charge on any atom is 0.163 e. The Labute approximate surface area is 145 Å². The average Bonchev–Trinajstić information content (AvgIpc) is 3.05. The van der Waals surface area contributed by atoms with Crippen molar-refractivity contribution in [2.24, 2.45) is 0 Å². The number of halogens is 1. The number of nitriles is 1. The first-order chi connectivity index (χ1) is 10.5. The molecule has 0 bridgehead atoms. The second-order valence-electron chi connectivity index (χ2n) is 6.95. The zero-order chi connectivity index (χ0) is 15.8. The molecule has 0 aromatic carbocycles. The van der Waals surface area contributed by atoms with E-state index in [1.54, 1.807) is 0 Å². The van der Waals surface area contributed by atoms with Gasteiger partial charge in [0.05, 0.1) is 31.0 Å². The minimum absolute atomic E-state index is 0.0124. The van der Waals surface area contributed by atoms with Gasteiger partial charge in [-0.2, -0.15) is 5.26 Å². The van der Waals surface area contributed by atoms with E-state index in [2.05, 4.69) is 28.7 Å². The molecule has 3 fully saturated rings. The quantitative estimate of drug-likeness (QED) is 0.516. The minimum Gasteiger partial charge on any atom is -0.369 e. The van der Waals surface area contributed by atoms with E-state index in [0.717, 1.165) is 30.1 Å². The molecule has 22 heavy (non-hydrogen) atoms. The van der Waals surface area contributed by atoms with Crippen molar-refractivity contribution in [1.82, 2.24) is 0 Å². The number of ether oxygens (including phenoxy) is 4. The predicted octanol–water partition coefficient (Wildman–Crippen LogP) is 2.95. The highest BCUT2D eigenvalue weighted by molar-refractivity contribution is 14.1. The molecule has 0 spiro atoms. The van der Waals surface area contributed by atoms with Crippen LogP contribution >= 0.6 is 22.6 Å². The van der Waals surface area contributed by atoms with E-state index < -0.39 is 5.79 Å². The van der Waals surface area contributed by atoms with Crippen molar-refractivity contribution in [1.29, 1.82) is 5.26 Å². The first-order valence-electron chi connectivity index (χ1n) is 8.06. The molecule has 2 unspecified atom stereocenters. The highest BCUT2D eigenvalue weighted by Crippen LogP contribution is 2.45.